The highest BCUT2D eigenvalue weighted by Gasteiger charge is 2.47. The fourth-order valence-corrected chi connectivity index (χ4v) is 14.0. The smallest absolute Gasteiger partial charge is 0.242 e. The lowest BCUT2D eigenvalue weighted by Crippen LogP contribution is -2.27. The number of hydrogen-bond acceptors (Lipinski definition) is 7. The lowest BCUT2D eigenvalue weighted by atomic mass is 9.68. The maximum absolute atomic E-state index is 13.8. The molecule has 49 heavy (non-hydrogen) atoms. The maximum atomic E-state index is 13.8. The van der Waals surface area contributed by atoms with Crippen LogP contribution in [0.1, 0.15) is 71.0 Å². The van der Waals surface area contributed by atoms with Crippen molar-refractivity contribution in [1.29, 1.82) is 5.26 Å². The molecule has 0 N–H and O–H groups in total. The van der Waals surface area contributed by atoms with Crippen molar-refractivity contribution in [2.24, 2.45) is 0 Å². The maximum Gasteiger partial charge on any atom is 0.270 e. The monoisotopic (exact) mass is 715 g/mol. The Labute approximate surface area is 293 Å². The number of nitrogens with zero attached hydrogens (tertiary/aromatic N) is 3. The number of rotatable bonds is 2. The highest BCUT2D eigenvalue weighted by molar-refractivity contribution is 7.97. The molecule has 0 amide bonds. The molecule has 4 aliphatic rings. The Bertz CT molecular complexity index is 2640. The van der Waals surface area contributed by atoms with E-state index in [9.17, 15) is 22.1 Å². The Morgan fingerprint density at radius 1 is 0.776 bits per heavy atom. The molecule has 1 spiro atoms. The number of hydrogen-bond donors (Lipinski definition) is 0. The summed E-state index contributed by atoms with van der Waals surface area (Å²) in [6.45, 7) is 16.9. The quantitative estimate of drug-likeness (QED) is 0.152. The number of benzene rings is 2. The number of allylic oxidation sites excluding steroid dienone is 4. The lowest BCUT2D eigenvalue weighted by molar-refractivity contribution is 0.353. The standard InChI is InChI=1S/C38H25N3O4S4/c1-22(40-2)34-25-11-5-7-13-30(25)48(42,43)32(34)19-23-17-27-36(46-23)37-28(38(27)15-9-4-10-16-38)18-24(47-37)20-33-35(29(21-39)41-3)26-12-6-8-14-31(26)49(33,44)45/h5-8,11-14,17-20H,4,9-10,15-16H2,1H3/b32-19-,33-20?,34-22?,35-29+. The zero-order valence-corrected chi connectivity index (χ0v) is 29.3. The van der Waals surface area contributed by atoms with E-state index in [0.717, 1.165) is 52.3 Å². The van der Waals surface area contributed by atoms with E-state index < -0.39 is 19.7 Å². The van der Waals surface area contributed by atoms with Gasteiger partial charge in [-0.15, -0.1) is 22.7 Å². The van der Waals surface area contributed by atoms with Crippen LogP contribution in [-0.2, 0) is 25.1 Å². The number of nitriles is 1. The highest BCUT2D eigenvalue weighted by Crippen LogP contribution is 2.61. The molecule has 1 saturated carbocycles. The van der Waals surface area contributed by atoms with Crippen LogP contribution < -0.4 is 0 Å². The van der Waals surface area contributed by atoms with E-state index in [1.54, 1.807) is 61.5 Å². The summed E-state index contributed by atoms with van der Waals surface area (Å²) < 4.78 is 55.3. The zero-order chi connectivity index (χ0) is 34.3. The molecule has 2 aromatic carbocycles. The first-order valence-electron chi connectivity index (χ1n) is 15.6. The molecule has 4 heterocycles. The van der Waals surface area contributed by atoms with Gasteiger partial charge in [0.1, 0.15) is 0 Å². The van der Waals surface area contributed by atoms with Gasteiger partial charge in [0.25, 0.3) is 5.70 Å². The van der Waals surface area contributed by atoms with Gasteiger partial charge < -0.3 is 0 Å². The third-order valence-corrected chi connectivity index (χ3v) is 15.9. The predicted octanol–water partition coefficient (Wildman–Crippen LogP) is 9.50. The van der Waals surface area contributed by atoms with E-state index in [-0.39, 0.29) is 36.3 Å². The summed E-state index contributed by atoms with van der Waals surface area (Å²) in [7, 11) is -7.81. The van der Waals surface area contributed by atoms with Crippen LogP contribution in [0, 0.1) is 24.5 Å². The van der Waals surface area contributed by atoms with Gasteiger partial charge in [0.15, 0.2) is 5.70 Å². The van der Waals surface area contributed by atoms with Crippen LogP contribution >= 0.6 is 22.7 Å². The molecule has 2 aromatic heterocycles. The molecule has 0 saturated heterocycles. The molecule has 4 aromatic rings. The summed E-state index contributed by atoms with van der Waals surface area (Å²) in [5.74, 6) is 0. The minimum absolute atomic E-state index is 0.0452. The van der Waals surface area contributed by atoms with Gasteiger partial charge in [-0.05, 0) is 78.4 Å². The van der Waals surface area contributed by atoms with Crippen molar-refractivity contribution < 1.29 is 16.8 Å². The van der Waals surface area contributed by atoms with Crippen molar-refractivity contribution in [3.05, 3.63) is 137 Å². The highest BCUT2D eigenvalue weighted by atomic mass is 32.2. The molecule has 7 nitrogen and oxygen atoms in total. The molecule has 0 atom stereocenters. The van der Waals surface area contributed by atoms with Gasteiger partial charge in [-0.2, -0.15) is 0 Å². The van der Waals surface area contributed by atoms with Gasteiger partial charge in [0, 0.05) is 36.1 Å². The second-order valence-electron chi connectivity index (χ2n) is 12.5. The van der Waals surface area contributed by atoms with Gasteiger partial charge in [-0.3, -0.25) is 0 Å². The van der Waals surface area contributed by atoms with Crippen molar-refractivity contribution >= 4 is 65.6 Å². The molecular weight excluding hydrogens is 691 g/mol. The SMILES string of the molecule is [C-]#[N+]C(C)=C1/C(=C/c2cc3c(s2)-c2sc(C=C4/C(=C(\C#N)[N+]#[C-])c5ccccc5S4(=O)=O)cc2C32CCCCC2)S(=O)(=O)c2ccccc21. The molecule has 1 fully saturated rings. The Balaban J connectivity index is 1.30. The third-order valence-electron chi connectivity index (χ3n) is 9.94. The Kier molecular flexibility index (Phi) is 7.12. The van der Waals surface area contributed by atoms with Crippen LogP contribution in [0.15, 0.2) is 91.7 Å². The molecule has 2 aliphatic heterocycles. The normalized spacial score (nSPS) is 22.5. The molecule has 8 rings (SSSR count). The van der Waals surface area contributed by atoms with E-state index >= 15 is 0 Å². The largest absolute Gasteiger partial charge is 0.270 e. The van der Waals surface area contributed by atoms with E-state index in [0.29, 0.717) is 27.3 Å². The molecule has 11 heteroatoms. The van der Waals surface area contributed by atoms with Crippen LogP contribution in [0.25, 0.3) is 42.7 Å². The molecule has 0 radical (unpaired) electrons. The summed E-state index contributed by atoms with van der Waals surface area (Å²) in [5.41, 5.74) is 3.58. The molecule has 2 aliphatic carbocycles. The van der Waals surface area contributed by atoms with Crippen LogP contribution in [0.4, 0.5) is 0 Å². The van der Waals surface area contributed by atoms with Crippen molar-refractivity contribution in [3.8, 4) is 15.8 Å². The lowest BCUT2D eigenvalue weighted by Gasteiger charge is -2.34. The summed E-state index contributed by atoms with van der Waals surface area (Å²) in [6.07, 6.45) is 8.34. The van der Waals surface area contributed by atoms with Gasteiger partial charge in [0.05, 0.1) is 38.8 Å². The molecular formula is C38H25N3O4S4. The van der Waals surface area contributed by atoms with Gasteiger partial charge in [-0.1, -0.05) is 55.7 Å². The van der Waals surface area contributed by atoms with Gasteiger partial charge >= 0.3 is 0 Å². The molecule has 0 bridgehead atoms. The average molecular weight is 716 g/mol. The van der Waals surface area contributed by atoms with Gasteiger partial charge in [0.2, 0.25) is 19.7 Å². The summed E-state index contributed by atoms with van der Waals surface area (Å²) >= 11 is 3.00. The van der Waals surface area contributed by atoms with Crippen LogP contribution in [0.5, 0.6) is 0 Å². The Morgan fingerprint density at radius 3 is 1.76 bits per heavy atom. The van der Waals surface area contributed by atoms with Crippen molar-refractivity contribution in [3.63, 3.8) is 0 Å². The average Bonchev–Trinajstić information content (AvgIpc) is 3.87. The second-order valence-corrected chi connectivity index (χ2v) is 18.4. The first-order valence-corrected chi connectivity index (χ1v) is 20.2. The topological polar surface area (TPSA) is 101 Å². The first kappa shape index (κ1) is 31.4. The zero-order valence-electron chi connectivity index (χ0n) is 26.1. The number of thiophene rings is 2. The minimum atomic E-state index is -3.97. The van der Waals surface area contributed by atoms with E-state index in [4.69, 9.17) is 13.1 Å². The fourth-order valence-electron chi connectivity index (χ4n) is 7.80. The van der Waals surface area contributed by atoms with E-state index in [1.807, 2.05) is 6.07 Å². The minimum Gasteiger partial charge on any atom is -0.242 e. The molecule has 240 valence electrons. The van der Waals surface area contributed by atoms with Crippen LogP contribution in [0.2, 0.25) is 0 Å². The summed E-state index contributed by atoms with van der Waals surface area (Å²) in [5, 5.41) is 9.79. The Hall–Kier alpha value is -4.83. The van der Waals surface area contributed by atoms with Crippen molar-refractivity contribution in [2.75, 3.05) is 0 Å². The third kappa shape index (κ3) is 4.39. The first-order chi connectivity index (χ1) is 23.6. The van der Waals surface area contributed by atoms with E-state index in [2.05, 4.69) is 21.8 Å². The van der Waals surface area contributed by atoms with E-state index in [1.165, 1.54) is 34.3 Å². The summed E-state index contributed by atoms with van der Waals surface area (Å²) in [4.78, 5) is 11.0. The number of fused-ring (bicyclic) bond motifs is 7. The Morgan fingerprint density at radius 2 is 1.27 bits per heavy atom. The second kappa shape index (κ2) is 11.1. The summed E-state index contributed by atoms with van der Waals surface area (Å²) in [6, 6.07) is 19.4. The van der Waals surface area contributed by atoms with Crippen LogP contribution in [-0.4, -0.2) is 16.8 Å². The molecule has 0 unspecified atom stereocenters. The van der Waals surface area contributed by atoms with Crippen molar-refractivity contribution in [2.45, 2.75) is 54.2 Å². The van der Waals surface area contributed by atoms with Gasteiger partial charge in [-0.25, -0.2) is 31.8 Å². The fraction of sp³-hybridized carbons (Fsp3) is 0.184. The predicted molar refractivity (Wildman–Crippen MR) is 193 cm³/mol. The van der Waals surface area contributed by atoms with Crippen LogP contribution in [0.3, 0.4) is 0 Å². The van der Waals surface area contributed by atoms with Crippen molar-refractivity contribution in [1.82, 2.24) is 0 Å². The number of sulfone groups is 2.